The summed E-state index contributed by atoms with van der Waals surface area (Å²) in [5.41, 5.74) is 0. The van der Waals surface area contributed by atoms with Gasteiger partial charge in [0.15, 0.2) is 0 Å². The quantitative estimate of drug-likeness (QED) is 0.196. The summed E-state index contributed by atoms with van der Waals surface area (Å²) in [4.78, 5) is 0. The number of hydrogen-bond donors (Lipinski definition) is 0. The molecule has 0 radical (unpaired) electrons. The molecule has 0 unspecified atom stereocenters. The maximum atomic E-state index is 2.43. The summed E-state index contributed by atoms with van der Waals surface area (Å²) in [6, 6.07) is 69.2. The molecule has 0 bridgehead atoms. The molecular formula is C36H30CaSi2. The van der Waals surface area contributed by atoms with Crippen LogP contribution in [0, 0.1) is 0 Å². The van der Waals surface area contributed by atoms with Crippen LogP contribution in [0.3, 0.4) is 0 Å². The maximum absolute atomic E-state index is 2.43. The Hall–Kier alpha value is -2.99. The van der Waals surface area contributed by atoms with Gasteiger partial charge in [-0.2, -0.15) is 0 Å². The summed E-state index contributed by atoms with van der Waals surface area (Å²) in [7, 11) is 0. The molecule has 6 aromatic carbocycles. The molecule has 0 spiro atoms. The van der Waals surface area contributed by atoms with E-state index >= 15 is 0 Å². The van der Waals surface area contributed by atoms with E-state index in [4.69, 9.17) is 0 Å². The van der Waals surface area contributed by atoms with Crippen LogP contribution >= 0.6 is 0 Å². The summed E-state index contributed by atoms with van der Waals surface area (Å²) < 4.78 is -4.72. The van der Waals surface area contributed by atoms with Crippen LogP contribution in [0.1, 0.15) is 0 Å². The minimum atomic E-state index is -2.36. The van der Waals surface area contributed by atoms with Gasteiger partial charge in [0.2, 0.25) is 0 Å². The van der Waals surface area contributed by atoms with Gasteiger partial charge in [-0.25, -0.2) is 0 Å². The number of rotatable bonds is 8. The van der Waals surface area contributed by atoms with Gasteiger partial charge in [0.1, 0.15) is 0 Å². The van der Waals surface area contributed by atoms with Crippen LogP contribution in [0.15, 0.2) is 182 Å². The van der Waals surface area contributed by atoms with E-state index in [1.54, 1.807) is 31.1 Å². The SMILES string of the molecule is c1ccc([Si]([Ca][Si](c2ccccc2)(c2ccccc2)c2ccccc2)(c2ccccc2)c2ccccc2)cc1. The Balaban J connectivity index is 1.76. The average molecular weight is 559 g/mol. The zero-order chi connectivity index (χ0) is 26.4. The molecule has 0 N–H and O–H groups in total. The molecular weight excluding hydrogens is 529 g/mol. The number of hydrogen-bond acceptors (Lipinski definition) is 0. The normalized spacial score (nSPS) is 11.5. The summed E-state index contributed by atoms with van der Waals surface area (Å²) in [6.07, 6.45) is 0. The van der Waals surface area contributed by atoms with Crippen molar-refractivity contribution in [2.75, 3.05) is 0 Å². The second kappa shape index (κ2) is 12.0. The van der Waals surface area contributed by atoms with Gasteiger partial charge in [-0.3, -0.25) is 0 Å². The fourth-order valence-corrected chi connectivity index (χ4v) is 56.0. The van der Waals surface area contributed by atoms with Crippen molar-refractivity contribution in [2.45, 2.75) is 0 Å². The van der Waals surface area contributed by atoms with Gasteiger partial charge in [-0.05, 0) is 0 Å². The molecule has 0 saturated heterocycles. The summed E-state index contributed by atoms with van der Waals surface area (Å²) in [6.45, 7) is 0. The monoisotopic (exact) mass is 558 g/mol. The molecule has 0 aliphatic carbocycles. The van der Waals surface area contributed by atoms with E-state index in [0.717, 1.165) is 0 Å². The van der Waals surface area contributed by atoms with Gasteiger partial charge in [0.05, 0.1) is 0 Å². The molecule has 0 aliphatic heterocycles. The third-order valence-electron chi connectivity index (χ3n) is 8.13. The van der Waals surface area contributed by atoms with E-state index in [0.29, 0.717) is 0 Å². The fourth-order valence-electron chi connectivity index (χ4n) is 6.35. The van der Waals surface area contributed by atoms with Crippen molar-refractivity contribution in [3.8, 4) is 0 Å². The third-order valence-corrected chi connectivity index (χ3v) is 46.7. The van der Waals surface area contributed by atoms with Crippen LogP contribution in [-0.2, 0) is 0 Å². The van der Waals surface area contributed by atoms with Gasteiger partial charge >= 0.3 is 251 Å². The van der Waals surface area contributed by atoms with Gasteiger partial charge in [-0.1, -0.05) is 0 Å². The van der Waals surface area contributed by atoms with Crippen molar-refractivity contribution in [3.05, 3.63) is 182 Å². The van der Waals surface area contributed by atoms with Crippen molar-refractivity contribution < 1.29 is 0 Å². The second-order valence-electron chi connectivity index (χ2n) is 10.2. The molecule has 6 rings (SSSR count). The first-order chi connectivity index (χ1) is 19.3. The van der Waals surface area contributed by atoms with Crippen LogP contribution in [0.2, 0.25) is 0 Å². The Bertz CT molecular complexity index is 1270. The molecule has 0 saturated carbocycles. The Morgan fingerprint density at radius 3 is 0.538 bits per heavy atom. The molecule has 39 heavy (non-hydrogen) atoms. The van der Waals surface area contributed by atoms with E-state index in [1.807, 2.05) is 0 Å². The summed E-state index contributed by atoms with van der Waals surface area (Å²) in [5.74, 6) is 0. The minimum absolute atomic E-state index is 1.54. The van der Waals surface area contributed by atoms with E-state index in [1.165, 1.54) is 0 Å². The molecule has 0 aliphatic rings. The molecule has 0 amide bonds. The van der Waals surface area contributed by atoms with E-state index in [-0.39, 0.29) is 0 Å². The van der Waals surface area contributed by atoms with Gasteiger partial charge in [-0.15, -0.1) is 0 Å². The van der Waals surface area contributed by atoms with E-state index in [2.05, 4.69) is 182 Å². The van der Waals surface area contributed by atoms with Crippen LogP contribution in [0.25, 0.3) is 0 Å². The summed E-state index contributed by atoms with van der Waals surface area (Å²) in [5, 5.41) is 9.26. The topological polar surface area (TPSA) is 0 Å². The van der Waals surface area contributed by atoms with E-state index in [9.17, 15) is 0 Å². The van der Waals surface area contributed by atoms with Crippen molar-refractivity contribution in [1.82, 2.24) is 0 Å². The van der Waals surface area contributed by atoms with Crippen LogP contribution in [0.4, 0.5) is 0 Å². The first-order valence-electron chi connectivity index (χ1n) is 13.7. The Labute approximate surface area is 249 Å². The fraction of sp³-hybridized carbons (Fsp3) is 0. The molecule has 0 aromatic heterocycles. The van der Waals surface area contributed by atoms with Crippen molar-refractivity contribution in [3.63, 3.8) is 0 Å². The molecule has 6 aromatic rings. The van der Waals surface area contributed by atoms with Crippen molar-refractivity contribution >= 4 is 69.3 Å². The van der Waals surface area contributed by atoms with Crippen LogP contribution < -0.4 is 31.1 Å². The van der Waals surface area contributed by atoms with Crippen LogP contribution in [-0.4, -0.2) is 38.2 Å². The Morgan fingerprint density at radius 1 is 0.231 bits per heavy atom. The predicted octanol–water partition coefficient (Wildman–Crippen LogP) is 4.02. The van der Waals surface area contributed by atoms with E-state index < -0.39 is 38.2 Å². The van der Waals surface area contributed by atoms with Crippen LogP contribution in [0.5, 0.6) is 0 Å². The Morgan fingerprint density at radius 2 is 0.385 bits per heavy atom. The van der Waals surface area contributed by atoms with Crippen molar-refractivity contribution in [1.29, 1.82) is 0 Å². The molecule has 0 fully saturated rings. The molecule has 0 atom stereocenters. The summed E-state index contributed by atoms with van der Waals surface area (Å²) >= 11 is -1.58. The van der Waals surface area contributed by atoms with Gasteiger partial charge in [0.25, 0.3) is 0 Å². The van der Waals surface area contributed by atoms with Gasteiger partial charge in [0, 0.05) is 0 Å². The molecule has 0 nitrogen and oxygen atoms in total. The number of benzene rings is 6. The van der Waals surface area contributed by atoms with Crippen molar-refractivity contribution in [2.24, 2.45) is 0 Å². The second-order valence-corrected chi connectivity index (χ2v) is 33.6. The standard InChI is InChI=1S/2C18H15Si.Ca/c2*1-4-10-16(11-5-1)19(17-12-6-2-7-13-17)18-14-8-3-9-15-18;/h2*1-15H;. The molecule has 3 heteroatoms. The zero-order valence-corrected chi connectivity index (χ0v) is 26.2. The Kier molecular flexibility index (Phi) is 8.10. The molecule has 184 valence electrons. The predicted molar refractivity (Wildman–Crippen MR) is 174 cm³/mol. The zero-order valence-electron chi connectivity index (χ0n) is 22.0. The average Bonchev–Trinajstić information content (AvgIpc) is 3.04. The first-order valence-corrected chi connectivity index (χ1v) is 24.7. The third kappa shape index (κ3) is 5.04. The van der Waals surface area contributed by atoms with Gasteiger partial charge < -0.3 is 0 Å². The molecule has 0 heterocycles. The first kappa shape index (κ1) is 26.2.